The maximum absolute atomic E-state index is 10.4. The maximum atomic E-state index is 10.4. The first-order chi connectivity index (χ1) is 10.7. The number of nitro groups is 1. The molecule has 0 aliphatic rings. The highest BCUT2D eigenvalue weighted by Crippen LogP contribution is 2.08. The summed E-state index contributed by atoms with van der Waals surface area (Å²) in [6.45, 7) is 2.13. The molecule has 0 aromatic rings. The molecule has 1 unspecified atom stereocenters. The van der Waals surface area contributed by atoms with Crippen LogP contribution in [0.4, 0.5) is 0 Å². The van der Waals surface area contributed by atoms with E-state index in [1.54, 1.807) is 0 Å². The molecule has 0 spiro atoms. The zero-order chi connectivity index (χ0) is 16.5. The summed E-state index contributed by atoms with van der Waals surface area (Å²) >= 11 is 0. The predicted octanol–water partition coefficient (Wildman–Crippen LogP) is 4.94. The molecule has 1 radical (unpaired) electrons. The van der Waals surface area contributed by atoms with Crippen molar-refractivity contribution in [2.75, 3.05) is 0 Å². The maximum Gasteiger partial charge on any atom is 0.278 e. The summed E-state index contributed by atoms with van der Waals surface area (Å²) in [5, 5.41) is 10.4. The second-order valence-corrected chi connectivity index (χ2v) is 5.20. The molecule has 0 saturated heterocycles. The number of hydrogen-bond donors (Lipinski definition) is 0. The van der Waals surface area contributed by atoms with Crippen molar-refractivity contribution in [3.05, 3.63) is 46.6 Å². The van der Waals surface area contributed by atoms with Crippen LogP contribution in [0, 0.1) is 10.1 Å². The van der Waals surface area contributed by atoms with E-state index in [9.17, 15) is 14.9 Å². The van der Waals surface area contributed by atoms with Gasteiger partial charge in [0.1, 0.15) is 0 Å². The lowest BCUT2D eigenvalue weighted by atomic mass is 10.1. The lowest BCUT2D eigenvalue weighted by Gasteiger charge is -2.01. The zero-order valence-electron chi connectivity index (χ0n) is 13.6. The fourth-order valence-corrected chi connectivity index (χ4v) is 1.99. The summed E-state index contributed by atoms with van der Waals surface area (Å²) in [5.41, 5.74) is 0. The molecule has 123 valence electrons. The van der Waals surface area contributed by atoms with Crippen LogP contribution >= 0.6 is 0 Å². The first-order valence-electron chi connectivity index (χ1n) is 8.18. The van der Waals surface area contributed by atoms with Gasteiger partial charge in [0.2, 0.25) is 0 Å². The summed E-state index contributed by atoms with van der Waals surface area (Å²) < 4.78 is 0. The Morgan fingerprint density at radius 1 is 0.955 bits per heavy atom. The lowest BCUT2D eigenvalue weighted by Crippen LogP contribution is -2.20. The van der Waals surface area contributed by atoms with Crippen molar-refractivity contribution >= 4 is 6.29 Å². The van der Waals surface area contributed by atoms with Crippen LogP contribution in [0.15, 0.2) is 36.5 Å². The summed E-state index contributed by atoms with van der Waals surface area (Å²) in [6, 6.07) is -1.14. The van der Waals surface area contributed by atoms with Gasteiger partial charge in [-0.3, -0.25) is 14.9 Å². The number of allylic oxidation sites excluding steroid dienone is 6. The van der Waals surface area contributed by atoms with E-state index < -0.39 is 11.0 Å². The van der Waals surface area contributed by atoms with Gasteiger partial charge in [-0.15, -0.1) is 0 Å². The number of carbonyl (C=O) groups excluding carboxylic acids is 1. The SMILES string of the molecule is CC/C=C/C/C=C/C/C=C/CCCCCCC([C]=O)[N+](=O)[O-]. The lowest BCUT2D eigenvalue weighted by molar-refractivity contribution is -0.503. The molecule has 0 rings (SSSR count). The number of unbranched alkanes of at least 4 members (excludes halogenated alkanes) is 4. The van der Waals surface area contributed by atoms with Gasteiger partial charge in [-0.25, -0.2) is 0 Å². The monoisotopic (exact) mass is 306 g/mol. The molecule has 4 heteroatoms. The highest BCUT2D eigenvalue weighted by Gasteiger charge is 2.18. The Bertz CT molecular complexity index is 373. The van der Waals surface area contributed by atoms with E-state index in [1.165, 1.54) is 6.29 Å². The molecule has 0 heterocycles. The van der Waals surface area contributed by atoms with E-state index in [-0.39, 0.29) is 0 Å². The minimum atomic E-state index is -1.14. The van der Waals surface area contributed by atoms with Crippen LogP contribution in [0.25, 0.3) is 0 Å². The van der Waals surface area contributed by atoms with Crippen molar-refractivity contribution in [3.63, 3.8) is 0 Å². The first-order valence-corrected chi connectivity index (χ1v) is 8.18. The van der Waals surface area contributed by atoms with Crippen LogP contribution < -0.4 is 0 Å². The number of hydrogen-bond acceptors (Lipinski definition) is 3. The van der Waals surface area contributed by atoms with Crippen molar-refractivity contribution in [3.8, 4) is 0 Å². The fourth-order valence-electron chi connectivity index (χ4n) is 1.99. The average molecular weight is 306 g/mol. The molecule has 4 nitrogen and oxygen atoms in total. The van der Waals surface area contributed by atoms with Crippen molar-refractivity contribution in [2.45, 2.75) is 70.8 Å². The van der Waals surface area contributed by atoms with Crippen LogP contribution in [0.2, 0.25) is 0 Å². The molecule has 1 atom stereocenters. The minimum Gasteiger partial charge on any atom is -0.283 e. The molecule has 0 aliphatic heterocycles. The molecule has 0 saturated carbocycles. The van der Waals surface area contributed by atoms with E-state index in [2.05, 4.69) is 43.4 Å². The van der Waals surface area contributed by atoms with Crippen LogP contribution in [0.5, 0.6) is 0 Å². The Balaban J connectivity index is 3.42. The zero-order valence-corrected chi connectivity index (χ0v) is 13.6. The van der Waals surface area contributed by atoms with Gasteiger partial charge in [-0.05, 0) is 38.5 Å². The molecular formula is C18H28NO3. The van der Waals surface area contributed by atoms with E-state index in [0.29, 0.717) is 6.42 Å². The molecule has 22 heavy (non-hydrogen) atoms. The van der Waals surface area contributed by atoms with E-state index >= 15 is 0 Å². The van der Waals surface area contributed by atoms with Gasteiger partial charge in [0.25, 0.3) is 12.3 Å². The average Bonchev–Trinajstić information content (AvgIpc) is 2.51. The first kappa shape index (κ1) is 20.3. The molecule has 0 fully saturated rings. The van der Waals surface area contributed by atoms with Crippen molar-refractivity contribution in [2.24, 2.45) is 0 Å². The number of nitrogens with zero attached hydrogens (tertiary/aromatic N) is 1. The highest BCUT2D eigenvalue weighted by atomic mass is 16.6. The third-order valence-electron chi connectivity index (χ3n) is 3.27. The molecule has 0 N–H and O–H groups in total. The van der Waals surface area contributed by atoms with Gasteiger partial charge in [-0.1, -0.05) is 56.2 Å². The Hall–Kier alpha value is -1.71. The Morgan fingerprint density at radius 2 is 1.55 bits per heavy atom. The second-order valence-electron chi connectivity index (χ2n) is 5.20. The summed E-state index contributed by atoms with van der Waals surface area (Å²) in [5.74, 6) is 0. The minimum absolute atomic E-state index is 0.309. The van der Waals surface area contributed by atoms with E-state index in [1.807, 2.05) is 0 Å². The second kappa shape index (κ2) is 15.7. The quantitative estimate of drug-likeness (QED) is 0.198. The summed E-state index contributed by atoms with van der Waals surface area (Å²) in [6.07, 6.45) is 22.7. The predicted molar refractivity (Wildman–Crippen MR) is 91.1 cm³/mol. The normalized spacial score (nSPS) is 13.3. The molecule has 0 aliphatic carbocycles. The standard InChI is InChI=1S/C18H28NO3/c1-2-3-4-5-6-7-8-9-10-11-12-13-14-15-16-18(17-20)19(21)22/h3-4,6-7,9-10,18H,2,5,8,11-16H2,1H3/b4-3+,7-6+,10-9+. The molecule has 0 aromatic carbocycles. The van der Waals surface area contributed by atoms with Gasteiger partial charge in [0, 0.05) is 11.3 Å². The fraction of sp³-hybridized carbons (Fsp3) is 0.611. The van der Waals surface area contributed by atoms with Gasteiger partial charge < -0.3 is 0 Å². The highest BCUT2D eigenvalue weighted by molar-refractivity contribution is 5.56. The van der Waals surface area contributed by atoms with Crippen LogP contribution in [-0.4, -0.2) is 17.3 Å². The van der Waals surface area contributed by atoms with Gasteiger partial charge >= 0.3 is 0 Å². The molecule has 0 amide bonds. The van der Waals surface area contributed by atoms with Crippen molar-refractivity contribution < 1.29 is 9.72 Å². The van der Waals surface area contributed by atoms with Crippen molar-refractivity contribution in [1.82, 2.24) is 0 Å². The van der Waals surface area contributed by atoms with Crippen LogP contribution in [-0.2, 0) is 4.79 Å². The molecule has 0 aromatic heterocycles. The Kier molecular flexibility index (Phi) is 14.5. The Labute approximate surface area is 134 Å². The largest absolute Gasteiger partial charge is 0.283 e. The molecule has 0 bridgehead atoms. The van der Waals surface area contributed by atoms with Crippen molar-refractivity contribution in [1.29, 1.82) is 0 Å². The topological polar surface area (TPSA) is 60.2 Å². The van der Waals surface area contributed by atoms with Gasteiger partial charge in [0.05, 0.1) is 0 Å². The van der Waals surface area contributed by atoms with E-state index in [0.717, 1.165) is 51.4 Å². The Morgan fingerprint density at radius 3 is 2.14 bits per heavy atom. The van der Waals surface area contributed by atoms with Gasteiger partial charge in [0.15, 0.2) is 0 Å². The summed E-state index contributed by atoms with van der Waals surface area (Å²) in [7, 11) is 0. The molecular weight excluding hydrogens is 278 g/mol. The van der Waals surface area contributed by atoms with Crippen LogP contribution in [0.3, 0.4) is 0 Å². The van der Waals surface area contributed by atoms with E-state index in [4.69, 9.17) is 0 Å². The number of rotatable bonds is 14. The van der Waals surface area contributed by atoms with Gasteiger partial charge in [-0.2, -0.15) is 0 Å². The smallest absolute Gasteiger partial charge is 0.278 e. The third-order valence-corrected chi connectivity index (χ3v) is 3.27. The summed E-state index contributed by atoms with van der Waals surface area (Å²) in [4.78, 5) is 20.2. The van der Waals surface area contributed by atoms with Crippen LogP contribution in [0.1, 0.15) is 64.7 Å². The third kappa shape index (κ3) is 13.3.